The van der Waals surface area contributed by atoms with Gasteiger partial charge in [0.25, 0.3) is 5.56 Å². The van der Waals surface area contributed by atoms with Crippen molar-refractivity contribution < 1.29 is 4.79 Å². The number of rotatable bonds is 5. The first kappa shape index (κ1) is 20.2. The summed E-state index contributed by atoms with van der Waals surface area (Å²) in [6, 6.07) is 7.37. The number of Topliss-reactive ketones (excluding diaryl/α,β-unsaturated/α-hetero) is 1. The minimum atomic E-state index is -0.419. The van der Waals surface area contributed by atoms with E-state index in [1.807, 2.05) is 12.1 Å². The van der Waals surface area contributed by atoms with E-state index in [0.29, 0.717) is 39.5 Å². The molecule has 0 saturated heterocycles. The molecule has 2 heterocycles. The van der Waals surface area contributed by atoms with E-state index < -0.39 is 5.92 Å². The van der Waals surface area contributed by atoms with Crippen LogP contribution in [0.15, 0.2) is 45.5 Å². The van der Waals surface area contributed by atoms with E-state index >= 15 is 0 Å². The summed E-state index contributed by atoms with van der Waals surface area (Å²) in [6.07, 6.45) is 3.16. The number of carbonyl (C=O) groups excluding carboxylic acids is 1. The third-order valence-electron chi connectivity index (χ3n) is 5.37. The lowest BCUT2D eigenvalue weighted by atomic mass is 9.76. The molecule has 1 aromatic heterocycles. The number of aromatic amines is 1. The van der Waals surface area contributed by atoms with Crippen LogP contribution in [0.1, 0.15) is 56.6 Å². The summed E-state index contributed by atoms with van der Waals surface area (Å²) < 4.78 is 0. The SMILES string of the molecule is CC(C)CCSc1nc2c(c(=O)[nH]1)C(c1ccc(Cl)cc1)C1=C(CCCC1=O)N2. The fourth-order valence-electron chi connectivity index (χ4n) is 3.89. The van der Waals surface area contributed by atoms with E-state index in [1.165, 1.54) is 0 Å². The van der Waals surface area contributed by atoms with Gasteiger partial charge < -0.3 is 10.3 Å². The molecule has 1 unspecified atom stereocenters. The second-order valence-electron chi connectivity index (χ2n) is 7.94. The maximum absolute atomic E-state index is 13.1. The highest BCUT2D eigenvalue weighted by molar-refractivity contribution is 7.99. The van der Waals surface area contributed by atoms with Crippen molar-refractivity contribution in [3.63, 3.8) is 0 Å². The van der Waals surface area contributed by atoms with Gasteiger partial charge in [-0.15, -0.1) is 0 Å². The minimum Gasteiger partial charge on any atom is -0.343 e. The van der Waals surface area contributed by atoms with Crippen molar-refractivity contribution in [2.75, 3.05) is 11.1 Å². The summed E-state index contributed by atoms with van der Waals surface area (Å²) in [5.41, 5.74) is 2.78. The number of allylic oxidation sites excluding steroid dienone is 2. The molecule has 1 atom stereocenters. The highest BCUT2D eigenvalue weighted by Gasteiger charge is 2.37. The molecule has 2 aromatic rings. The predicted molar refractivity (Wildman–Crippen MR) is 118 cm³/mol. The van der Waals surface area contributed by atoms with Crippen molar-refractivity contribution in [2.24, 2.45) is 5.92 Å². The highest BCUT2D eigenvalue weighted by Crippen LogP contribution is 2.43. The maximum Gasteiger partial charge on any atom is 0.257 e. The average molecular weight is 430 g/mol. The van der Waals surface area contributed by atoms with Gasteiger partial charge in [0.2, 0.25) is 0 Å². The smallest absolute Gasteiger partial charge is 0.257 e. The standard InChI is InChI=1S/C22H24ClN3O2S/c1-12(2)10-11-29-22-25-20-19(21(28)26-22)17(13-6-8-14(23)9-7-13)18-15(24-20)4-3-5-16(18)27/h6-9,12,17H,3-5,10-11H2,1-2H3,(H2,24,25,26,28). The Morgan fingerprint density at radius 1 is 1.21 bits per heavy atom. The second-order valence-corrected chi connectivity index (χ2v) is 9.46. The average Bonchev–Trinajstić information content (AvgIpc) is 2.67. The number of fused-ring (bicyclic) bond motifs is 1. The first-order valence-corrected chi connectivity index (χ1v) is 11.4. The number of nitrogens with zero attached hydrogens (tertiary/aromatic N) is 1. The maximum atomic E-state index is 13.1. The van der Waals surface area contributed by atoms with Gasteiger partial charge in [-0.3, -0.25) is 9.59 Å². The zero-order valence-electron chi connectivity index (χ0n) is 16.5. The van der Waals surface area contributed by atoms with E-state index in [1.54, 1.807) is 23.9 Å². The van der Waals surface area contributed by atoms with Crippen molar-refractivity contribution in [1.82, 2.24) is 9.97 Å². The molecule has 0 fully saturated rings. The van der Waals surface area contributed by atoms with Crippen LogP contribution in [0.2, 0.25) is 5.02 Å². The number of thioether (sulfide) groups is 1. The van der Waals surface area contributed by atoms with Crippen LogP contribution in [-0.4, -0.2) is 21.5 Å². The Morgan fingerprint density at radius 2 is 1.97 bits per heavy atom. The first-order valence-electron chi connectivity index (χ1n) is 9.99. The van der Waals surface area contributed by atoms with Crippen LogP contribution >= 0.6 is 23.4 Å². The lowest BCUT2D eigenvalue weighted by Gasteiger charge is -2.32. The number of hydrogen-bond acceptors (Lipinski definition) is 5. The van der Waals surface area contributed by atoms with Crippen LogP contribution in [0.5, 0.6) is 0 Å². The number of aromatic nitrogens is 2. The van der Waals surface area contributed by atoms with Gasteiger partial charge in [-0.25, -0.2) is 4.98 Å². The Kier molecular flexibility index (Phi) is 5.83. The van der Waals surface area contributed by atoms with Gasteiger partial charge >= 0.3 is 0 Å². The molecule has 29 heavy (non-hydrogen) atoms. The van der Waals surface area contributed by atoms with E-state index in [0.717, 1.165) is 36.3 Å². The summed E-state index contributed by atoms with van der Waals surface area (Å²) in [5, 5.41) is 4.54. The second kappa shape index (κ2) is 8.36. The Hall–Kier alpha value is -2.05. The normalized spacial score (nSPS) is 18.5. The van der Waals surface area contributed by atoms with Crippen LogP contribution in [0.4, 0.5) is 5.82 Å². The number of carbonyl (C=O) groups is 1. The topological polar surface area (TPSA) is 74.8 Å². The molecular formula is C22H24ClN3O2S. The minimum absolute atomic E-state index is 0.0964. The summed E-state index contributed by atoms with van der Waals surface area (Å²) in [6.45, 7) is 4.35. The molecule has 0 amide bonds. The largest absolute Gasteiger partial charge is 0.343 e. The summed E-state index contributed by atoms with van der Waals surface area (Å²) in [7, 11) is 0. The molecule has 1 aromatic carbocycles. The third kappa shape index (κ3) is 4.14. The van der Waals surface area contributed by atoms with Gasteiger partial charge in [0.15, 0.2) is 10.9 Å². The molecule has 4 rings (SSSR count). The molecule has 7 heteroatoms. The van der Waals surface area contributed by atoms with E-state index in [-0.39, 0.29) is 11.3 Å². The van der Waals surface area contributed by atoms with Gasteiger partial charge in [-0.2, -0.15) is 0 Å². The number of hydrogen-bond donors (Lipinski definition) is 2. The van der Waals surface area contributed by atoms with Crippen molar-refractivity contribution >= 4 is 35.0 Å². The number of benzene rings is 1. The van der Waals surface area contributed by atoms with Crippen molar-refractivity contribution in [2.45, 2.75) is 50.6 Å². The fourth-order valence-corrected chi connectivity index (χ4v) is 5.12. The lowest BCUT2D eigenvalue weighted by molar-refractivity contribution is -0.116. The van der Waals surface area contributed by atoms with E-state index in [2.05, 4.69) is 24.1 Å². The first-order chi connectivity index (χ1) is 13.9. The molecule has 0 spiro atoms. The van der Waals surface area contributed by atoms with Crippen molar-refractivity contribution in [1.29, 1.82) is 0 Å². The van der Waals surface area contributed by atoms with Crippen LogP contribution < -0.4 is 10.9 Å². The zero-order chi connectivity index (χ0) is 20.5. The molecule has 5 nitrogen and oxygen atoms in total. The molecular weight excluding hydrogens is 406 g/mol. The number of H-pyrrole nitrogens is 1. The summed E-state index contributed by atoms with van der Waals surface area (Å²) >= 11 is 7.62. The van der Waals surface area contributed by atoms with Gasteiger partial charge in [-0.05, 0) is 42.9 Å². The number of nitrogens with one attached hydrogen (secondary N) is 2. The number of anilines is 1. The van der Waals surface area contributed by atoms with Crippen LogP contribution in [0.3, 0.4) is 0 Å². The molecule has 1 aliphatic heterocycles. The van der Waals surface area contributed by atoms with Crippen LogP contribution in [-0.2, 0) is 4.79 Å². The molecule has 0 radical (unpaired) electrons. The third-order valence-corrected chi connectivity index (χ3v) is 6.53. The zero-order valence-corrected chi connectivity index (χ0v) is 18.1. The van der Waals surface area contributed by atoms with Gasteiger partial charge in [0, 0.05) is 34.4 Å². The van der Waals surface area contributed by atoms with Gasteiger partial charge in [0.1, 0.15) is 5.82 Å². The van der Waals surface area contributed by atoms with Gasteiger partial charge in [0.05, 0.1) is 5.56 Å². The quantitative estimate of drug-likeness (QED) is 0.509. The van der Waals surface area contributed by atoms with Gasteiger partial charge in [-0.1, -0.05) is 49.3 Å². The van der Waals surface area contributed by atoms with Crippen LogP contribution in [0, 0.1) is 5.92 Å². The fraction of sp³-hybridized carbons (Fsp3) is 0.409. The Labute approximate surface area is 179 Å². The lowest BCUT2D eigenvalue weighted by Crippen LogP contribution is -2.32. The summed E-state index contributed by atoms with van der Waals surface area (Å²) in [5.74, 6) is 1.73. The molecule has 0 saturated carbocycles. The molecule has 152 valence electrons. The van der Waals surface area contributed by atoms with E-state index in [9.17, 15) is 9.59 Å². The molecule has 2 N–H and O–H groups in total. The van der Waals surface area contributed by atoms with E-state index in [4.69, 9.17) is 16.6 Å². The van der Waals surface area contributed by atoms with Crippen LogP contribution in [0.25, 0.3) is 0 Å². The Balaban J connectivity index is 1.79. The van der Waals surface area contributed by atoms with Crippen molar-refractivity contribution in [3.05, 3.63) is 62.0 Å². The Bertz CT molecular complexity index is 1030. The number of ketones is 1. The molecule has 1 aliphatic carbocycles. The highest BCUT2D eigenvalue weighted by atomic mass is 35.5. The van der Waals surface area contributed by atoms with Crippen molar-refractivity contribution in [3.8, 4) is 0 Å². The monoisotopic (exact) mass is 429 g/mol. The Morgan fingerprint density at radius 3 is 2.69 bits per heavy atom. The predicted octanol–water partition coefficient (Wildman–Crippen LogP) is 5.13. The molecule has 0 bridgehead atoms. The summed E-state index contributed by atoms with van der Waals surface area (Å²) in [4.78, 5) is 33.5. The molecule has 2 aliphatic rings. The number of halogens is 1.